The van der Waals surface area contributed by atoms with E-state index < -0.39 is 11.9 Å². The van der Waals surface area contributed by atoms with Crippen molar-refractivity contribution in [2.75, 3.05) is 0 Å². The average molecular weight is 275 g/mol. The zero-order valence-electron chi connectivity index (χ0n) is 10.2. The first-order valence-corrected chi connectivity index (χ1v) is 6.59. The van der Waals surface area contributed by atoms with Crippen LogP contribution in [0.4, 0.5) is 0 Å². The van der Waals surface area contributed by atoms with Gasteiger partial charge < -0.3 is 9.84 Å². The quantitative estimate of drug-likeness (QED) is 0.817. The molecule has 19 heavy (non-hydrogen) atoms. The Hall–Kier alpha value is -2.14. The van der Waals surface area contributed by atoms with Crippen molar-refractivity contribution in [3.8, 4) is 10.9 Å². The van der Waals surface area contributed by atoms with E-state index in [1.54, 1.807) is 36.5 Å². The van der Waals surface area contributed by atoms with Gasteiger partial charge in [-0.1, -0.05) is 29.5 Å². The molecule has 1 heterocycles. The number of rotatable bonds is 6. The fourth-order valence-corrected chi connectivity index (χ4v) is 2.18. The van der Waals surface area contributed by atoms with Gasteiger partial charge in [0.15, 0.2) is 0 Å². The summed E-state index contributed by atoms with van der Waals surface area (Å²) in [4.78, 5) is 15.2. The van der Waals surface area contributed by atoms with Gasteiger partial charge in [-0.05, 0) is 24.1 Å². The van der Waals surface area contributed by atoms with Crippen LogP contribution < -0.4 is 4.74 Å². The molecule has 0 amide bonds. The van der Waals surface area contributed by atoms with Gasteiger partial charge >= 0.3 is 5.97 Å². The van der Waals surface area contributed by atoms with E-state index in [0.29, 0.717) is 17.4 Å². The summed E-state index contributed by atoms with van der Waals surface area (Å²) in [7, 11) is 0. The van der Waals surface area contributed by atoms with Crippen LogP contribution in [0.25, 0.3) is 0 Å². The molecular weight excluding hydrogens is 262 g/mol. The second-order valence-electron chi connectivity index (χ2n) is 3.88. The summed E-state index contributed by atoms with van der Waals surface area (Å²) in [6, 6.07) is 7.00. The van der Waals surface area contributed by atoms with Crippen LogP contribution >= 0.6 is 11.3 Å². The normalized spacial score (nSPS) is 11.8. The first-order valence-electron chi connectivity index (χ1n) is 5.71. The van der Waals surface area contributed by atoms with Gasteiger partial charge in [0.2, 0.25) is 0 Å². The molecular formula is C14H13NO3S. The van der Waals surface area contributed by atoms with Crippen LogP contribution in [0.2, 0.25) is 0 Å². The molecule has 0 fully saturated rings. The van der Waals surface area contributed by atoms with E-state index in [1.165, 1.54) is 11.3 Å². The molecule has 0 radical (unpaired) electrons. The highest BCUT2D eigenvalue weighted by molar-refractivity contribution is 7.11. The van der Waals surface area contributed by atoms with Crippen molar-refractivity contribution in [1.29, 1.82) is 0 Å². The van der Waals surface area contributed by atoms with Crippen molar-refractivity contribution < 1.29 is 14.6 Å². The number of aliphatic carboxylic acids is 1. The molecule has 0 spiro atoms. The molecule has 1 unspecified atom stereocenters. The lowest BCUT2D eigenvalue weighted by Crippen LogP contribution is -2.10. The van der Waals surface area contributed by atoms with Crippen LogP contribution in [0.1, 0.15) is 17.9 Å². The minimum atomic E-state index is -0.853. The lowest BCUT2D eigenvalue weighted by atomic mass is 9.96. The van der Waals surface area contributed by atoms with Gasteiger partial charge in [0, 0.05) is 11.6 Å². The van der Waals surface area contributed by atoms with Crippen molar-refractivity contribution in [3.63, 3.8) is 0 Å². The molecule has 0 saturated carbocycles. The van der Waals surface area contributed by atoms with Gasteiger partial charge in [0.1, 0.15) is 5.75 Å². The zero-order valence-corrected chi connectivity index (χ0v) is 11.0. The SMILES string of the molecule is C=CCC(C(=O)O)c1ccc(Oc2nccs2)cc1. The molecule has 1 aromatic heterocycles. The Balaban J connectivity index is 2.12. The van der Waals surface area contributed by atoms with Gasteiger partial charge in [-0.3, -0.25) is 4.79 Å². The summed E-state index contributed by atoms with van der Waals surface area (Å²) in [5.74, 6) is -0.777. The van der Waals surface area contributed by atoms with E-state index in [4.69, 9.17) is 9.84 Å². The smallest absolute Gasteiger partial charge is 0.311 e. The number of thiazole rings is 1. The Labute approximate surface area is 115 Å². The summed E-state index contributed by atoms with van der Waals surface area (Å²) < 4.78 is 5.51. The number of aromatic nitrogens is 1. The summed E-state index contributed by atoms with van der Waals surface area (Å²) in [6.45, 7) is 3.58. The van der Waals surface area contributed by atoms with Crippen molar-refractivity contribution in [2.45, 2.75) is 12.3 Å². The van der Waals surface area contributed by atoms with E-state index in [0.717, 1.165) is 5.56 Å². The number of hydrogen-bond acceptors (Lipinski definition) is 4. The maximum Gasteiger partial charge on any atom is 0.311 e. The monoisotopic (exact) mass is 275 g/mol. The van der Waals surface area contributed by atoms with Crippen LogP contribution in [-0.2, 0) is 4.79 Å². The average Bonchev–Trinajstić information content (AvgIpc) is 2.90. The van der Waals surface area contributed by atoms with Gasteiger partial charge in [0.05, 0.1) is 5.92 Å². The van der Waals surface area contributed by atoms with E-state index in [1.807, 2.05) is 5.38 Å². The van der Waals surface area contributed by atoms with Gasteiger partial charge in [-0.25, -0.2) is 4.98 Å². The largest absolute Gasteiger partial charge is 0.481 e. The minimum Gasteiger partial charge on any atom is -0.481 e. The van der Waals surface area contributed by atoms with Gasteiger partial charge in [-0.2, -0.15) is 0 Å². The van der Waals surface area contributed by atoms with Crippen LogP contribution in [0, 0.1) is 0 Å². The Kier molecular flexibility index (Phi) is 4.30. The number of carboxylic acid groups (broad SMARTS) is 1. The van der Waals surface area contributed by atoms with Crippen LogP contribution in [-0.4, -0.2) is 16.1 Å². The maximum absolute atomic E-state index is 11.1. The molecule has 2 rings (SSSR count). The third-order valence-electron chi connectivity index (χ3n) is 2.60. The molecule has 98 valence electrons. The maximum atomic E-state index is 11.1. The molecule has 5 heteroatoms. The summed E-state index contributed by atoms with van der Waals surface area (Å²) in [5.41, 5.74) is 0.735. The van der Waals surface area contributed by atoms with Crippen molar-refractivity contribution in [1.82, 2.24) is 4.98 Å². The standard InChI is InChI=1S/C14H13NO3S/c1-2-3-12(13(16)17)10-4-6-11(7-5-10)18-14-15-8-9-19-14/h2,4-9,12H,1,3H2,(H,16,17). The number of carboxylic acids is 1. The third-order valence-corrected chi connectivity index (χ3v) is 3.25. The molecule has 0 aliphatic carbocycles. The van der Waals surface area contributed by atoms with Gasteiger partial charge in [0.25, 0.3) is 5.19 Å². The number of nitrogens with zero attached hydrogens (tertiary/aromatic N) is 1. The van der Waals surface area contributed by atoms with E-state index in [-0.39, 0.29) is 0 Å². The number of benzene rings is 1. The number of carbonyl (C=O) groups is 1. The molecule has 1 aromatic carbocycles. The molecule has 4 nitrogen and oxygen atoms in total. The van der Waals surface area contributed by atoms with E-state index in [2.05, 4.69) is 11.6 Å². The Bertz CT molecular complexity index is 549. The Morgan fingerprint density at radius 3 is 2.74 bits per heavy atom. The van der Waals surface area contributed by atoms with Crippen molar-refractivity contribution >= 4 is 17.3 Å². The molecule has 0 saturated heterocycles. The van der Waals surface area contributed by atoms with Crippen molar-refractivity contribution in [3.05, 3.63) is 54.1 Å². The second-order valence-corrected chi connectivity index (χ2v) is 4.74. The Morgan fingerprint density at radius 2 is 2.21 bits per heavy atom. The molecule has 1 atom stereocenters. The highest BCUT2D eigenvalue weighted by Crippen LogP contribution is 2.26. The summed E-state index contributed by atoms with van der Waals surface area (Å²) >= 11 is 1.40. The fraction of sp³-hybridized carbons (Fsp3) is 0.143. The third kappa shape index (κ3) is 3.42. The van der Waals surface area contributed by atoms with Crippen LogP contribution in [0.15, 0.2) is 48.5 Å². The molecule has 0 bridgehead atoms. The van der Waals surface area contributed by atoms with E-state index in [9.17, 15) is 4.79 Å². The lowest BCUT2D eigenvalue weighted by molar-refractivity contribution is -0.138. The molecule has 0 aliphatic rings. The zero-order chi connectivity index (χ0) is 13.7. The molecule has 1 N–H and O–H groups in total. The number of ether oxygens (including phenoxy) is 1. The predicted octanol–water partition coefficient (Wildman–Crippen LogP) is 3.68. The minimum absolute atomic E-state index is 0.405. The Morgan fingerprint density at radius 1 is 1.47 bits per heavy atom. The molecule has 0 aliphatic heterocycles. The first kappa shape index (κ1) is 13.3. The summed E-state index contributed by atoms with van der Waals surface area (Å²) in [6.07, 6.45) is 3.68. The number of allylic oxidation sites excluding steroid dienone is 1. The van der Waals surface area contributed by atoms with E-state index >= 15 is 0 Å². The van der Waals surface area contributed by atoms with Crippen LogP contribution in [0.5, 0.6) is 10.9 Å². The number of hydrogen-bond donors (Lipinski definition) is 1. The van der Waals surface area contributed by atoms with Crippen LogP contribution in [0.3, 0.4) is 0 Å². The highest BCUT2D eigenvalue weighted by atomic mass is 32.1. The lowest BCUT2D eigenvalue weighted by Gasteiger charge is -2.11. The highest BCUT2D eigenvalue weighted by Gasteiger charge is 2.18. The molecule has 2 aromatic rings. The van der Waals surface area contributed by atoms with Gasteiger partial charge in [-0.15, -0.1) is 6.58 Å². The summed E-state index contributed by atoms with van der Waals surface area (Å²) in [5, 5.41) is 11.5. The first-order chi connectivity index (χ1) is 9.20. The predicted molar refractivity (Wildman–Crippen MR) is 73.8 cm³/mol. The second kappa shape index (κ2) is 6.15. The fourth-order valence-electron chi connectivity index (χ4n) is 1.68. The van der Waals surface area contributed by atoms with Crippen molar-refractivity contribution in [2.24, 2.45) is 0 Å². The topological polar surface area (TPSA) is 59.4 Å².